The molecule has 0 unspecified atom stereocenters. The highest BCUT2D eigenvalue weighted by atomic mass is 16.5. The Morgan fingerprint density at radius 3 is 2.15 bits per heavy atom. The van der Waals surface area contributed by atoms with Crippen LogP contribution in [-0.4, -0.2) is 40.9 Å². The van der Waals surface area contributed by atoms with Gasteiger partial charge in [0.25, 0.3) is 0 Å². The van der Waals surface area contributed by atoms with E-state index in [4.69, 9.17) is 18.9 Å². The van der Waals surface area contributed by atoms with Crippen molar-refractivity contribution in [1.82, 2.24) is 5.32 Å². The van der Waals surface area contributed by atoms with Crippen LogP contribution in [0.4, 0.5) is 0 Å². The van der Waals surface area contributed by atoms with Crippen molar-refractivity contribution < 1.29 is 23.7 Å². The van der Waals surface area contributed by atoms with Crippen LogP contribution in [0.25, 0.3) is 0 Å². The minimum absolute atomic E-state index is 0.0906. The number of aryl methyl sites for hydroxylation is 1. The van der Waals surface area contributed by atoms with Crippen LogP contribution in [0.2, 0.25) is 0 Å². The van der Waals surface area contributed by atoms with Crippen LogP contribution >= 0.6 is 0 Å². The standard InChI is InChI=1S/C21H27NO5/c1-14-6-8-17(24-2)15(12-14)10-11-22-19(23)13-16-7-9-18(25-3)21(27-5)20(16)26-4/h6-9,12H,10-11,13H2,1-5H3,(H,22,23). The molecule has 0 fully saturated rings. The lowest BCUT2D eigenvalue weighted by molar-refractivity contribution is -0.120. The monoisotopic (exact) mass is 373 g/mol. The SMILES string of the molecule is COc1ccc(C)cc1CCNC(=O)Cc1ccc(OC)c(OC)c1OC. The summed E-state index contributed by atoms with van der Waals surface area (Å²) in [6, 6.07) is 9.60. The normalized spacial score (nSPS) is 10.3. The first-order valence-corrected chi connectivity index (χ1v) is 8.72. The molecule has 2 aromatic rings. The number of methoxy groups -OCH3 is 4. The lowest BCUT2D eigenvalue weighted by atomic mass is 10.1. The van der Waals surface area contributed by atoms with E-state index in [1.807, 2.05) is 25.1 Å². The van der Waals surface area contributed by atoms with Gasteiger partial charge in [-0.15, -0.1) is 0 Å². The van der Waals surface area contributed by atoms with E-state index in [2.05, 4.69) is 11.4 Å². The molecular formula is C21H27NO5. The molecule has 0 bridgehead atoms. The first-order chi connectivity index (χ1) is 13.0. The maximum absolute atomic E-state index is 12.4. The number of hydrogen-bond donors (Lipinski definition) is 1. The van der Waals surface area contributed by atoms with Gasteiger partial charge in [-0.3, -0.25) is 4.79 Å². The van der Waals surface area contributed by atoms with Gasteiger partial charge in [0, 0.05) is 12.1 Å². The van der Waals surface area contributed by atoms with Crippen molar-refractivity contribution in [3.05, 3.63) is 47.0 Å². The fourth-order valence-corrected chi connectivity index (χ4v) is 2.98. The highest BCUT2D eigenvalue weighted by molar-refractivity contribution is 5.80. The molecule has 6 nitrogen and oxygen atoms in total. The number of ether oxygens (including phenoxy) is 4. The van der Waals surface area contributed by atoms with E-state index in [-0.39, 0.29) is 12.3 Å². The first kappa shape index (κ1) is 20.4. The Balaban J connectivity index is 2.01. The van der Waals surface area contributed by atoms with Crippen LogP contribution < -0.4 is 24.3 Å². The molecular weight excluding hydrogens is 346 g/mol. The summed E-state index contributed by atoms with van der Waals surface area (Å²) in [5, 5.41) is 2.95. The lowest BCUT2D eigenvalue weighted by Crippen LogP contribution is -2.27. The molecule has 0 aromatic heterocycles. The zero-order valence-corrected chi connectivity index (χ0v) is 16.5. The third kappa shape index (κ3) is 5.06. The van der Waals surface area contributed by atoms with Crippen molar-refractivity contribution in [3.63, 3.8) is 0 Å². The summed E-state index contributed by atoms with van der Waals surface area (Å²) in [5.74, 6) is 2.29. The summed E-state index contributed by atoms with van der Waals surface area (Å²) in [6.45, 7) is 2.55. The van der Waals surface area contributed by atoms with E-state index in [0.29, 0.717) is 30.2 Å². The number of hydrogen-bond acceptors (Lipinski definition) is 5. The molecule has 2 rings (SSSR count). The molecule has 0 radical (unpaired) electrons. The van der Waals surface area contributed by atoms with E-state index in [1.54, 1.807) is 34.5 Å². The summed E-state index contributed by atoms with van der Waals surface area (Å²) in [6.07, 6.45) is 0.883. The Morgan fingerprint density at radius 2 is 1.52 bits per heavy atom. The second kappa shape index (κ2) is 9.71. The van der Waals surface area contributed by atoms with Gasteiger partial charge in [-0.05, 0) is 31.0 Å². The van der Waals surface area contributed by atoms with Gasteiger partial charge in [0.05, 0.1) is 34.9 Å². The first-order valence-electron chi connectivity index (χ1n) is 8.72. The van der Waals surface area contributed by atoms with Crippen molar-refractivity contribution in [1.29, 1.82) is 0 Å². The number of carbonyl (C=O) groups excluding carboxylic acids is 1. The number of nitrogens with one attached hydrogen (secondary N) is 1. The number of amides is 1. The second-order valence-corrected chi connectivity index (χ2v) is 6.09. The Labute approximate surface area is 160 Å². The molecule has 1 amide bonds. The van der Waals surface area contributed by atoms with Gasteiger partial charge >= 0.3 is 0 Å². The molecule has 0 aliphatic carbocycles. The van der Waals surface area contributed by atoms with Crippen LogP contribution in [0.5, 0.6) is 23.0 Å². The minimum Gasteiger partial charge on any atom is -0.496 e. The molecule has 0 saturated heterocycles. The third-order valence-corrected chi connectivity index (χ3v) is 4.29. The number of carbonyl (C=O) groups is 1. The fourth-order valence-electron chi connectivity index (χ4n) is 2.98. The Hall–Kier alpha value is -2.89. The van der Waals surface area contributed by atoms with Gasteiger partial charge in [-0.1, -0.05) is 23.8 Å². The van der Waals surface area contributed by atoms with Crippen LogP contribution in [0.3, 0.4) is 0 Å². The van der Waals surface area contributed by atoms with Crippen molar-refractivity contribution in [2.75, 3.05) is 35.0 Å². The van der Waals surface area contributed by atoms with Gasteiger partial charge in [-0.2, -0.15) is 0 Å². The second-order valence-electron chi connectivity index (χ2n) is 6.09. The molecule has 0 heterocycles. The smallest absolute Gasteiger partial charge is 0.224 e. The molecule has 0 atom stereocenters. The van der Waals surface area contributed by atoms with Gasteiger partial charge in [0.2, 0.25) is 11.7 Å². The van der Waals surface area contributed by atoms with E-state index in [0.717, 1.165) is 22.4 Å². The topological polar surface area (TPSA) is 66.0 Å². The van der Waals surface area contributed by atoms with Gasteiger partial charge in [0.15, 0.2) is 11.5 Å². The zero-order chi connectivity index (χ0) is 19.8. The highest BCUT2D eigenvalue weighted by Crippen LogP contribution is 2.39. The minimum atomic E-state index is -0.0906. The average Bonchev–Trinajstić information content (AvgIpc) is 2.67. The van der Waals surface area contributed by atoms with Crippen molar-refractivity contribution in [2.24, 2.45) is 0 Å². The van der Waals surface area contributed by atoms with E-state index >= 15 is 0 Å². The van der Waals surface area contributed by atoms with Crippen LogP contribution in [0, 0.1) is 6.92 Å². The molecule has 0 aliphatic heterocycles. The van der Waals surface area contributed by atoms with Crippen LogP contribution in [-0.2, 0) is 17.6 Å². The summed E-state index contributed by atoms with van der Waals surface area (Å²) >= 11 is 0. The molecule has 146 valence electrons. The molecule has 27 heavy (non-hydrogen) atoms. The predicted molar refractivity (Wildman–Crippen MR) is 104 cm³/mol. The molecule has 1 N–H and O–H groups in total. The highest BCUT2D eigenvalue weighted by Gasteiger charge is 2.17. The fraction of sp³-hybridized carbons (Fsp3) is 0.381. The lowest BCUT2D eigenvalue weighted by Gasteiger charge is -2.15. The Kier molecular flexibility index (Phi) is 7.34. The average molecular weight is 373 g/mol. The summed E-state index contributed by atoms with van der Waals surface area (Å²) in [4.78, 5) is 12.4. The van der Waals surface area contributed by atoms with Gasteiger partial charge in [0.1, 0.15) is 5.75 Å². The summed E-state index contributed by atoms with van der Waals surface area (Å²) < 4.78 is 21.4. The van der Waals surface area contributed by atoms with E-state index in [1.165, 1.54) is 0 Å². The summed E-state index contributed by atoms with van der Waals surface area (Å²) in [5.41, 5.74) is 2.97. The maximum atomic E-state index is 12.4. The molecule has 0 saturated carbocycles. The Bertz CT molecular complexity index is 788. The van der Waals surface area contributed by atoms with E-state index < -0.39 is 0 Å². The summed E-state index contributed by atoms with van der Waals surface area (Å²) in [7, 11) is 6.29. The predicted octanol–water partition coefficient (Wildman–Crippen LogP) is 2.93. The van der Waals surface area contributed by atoms with Gasteiger partial charge < -0.3 is 24.3 Å². The molecule has 6 heteroatoms. The Morgan fingerprint density at radius 1 is 0.852 bits per heavy atom. The van der Waals surface area contributed by atoms with E-state index in [9.17, 15) is 4.79 Å². The number of benzene rings is 2. The van der Waals surface area contributed by atoms with Crippen molar-refractivity contribution in [2.45, 2.75) is 19.8 Å². The van der Waals surface area contributed by atoms with Crippen molar-refractivity contribution in [3.8, 4) is 23.0 Å². The molecule has 2 aromatic carbocycles. The quantitative estimate of drug-likeness (QED) is 0.732. The number of rotatable bonds is 9. The molecule has 0 aliphatic rings. The maximum Gasteiger partial charge on any atom is 0.224 e. The third-order valence-electron chi connectivity index (χ3n) is 4.29. The van der Waals surface area contributed by atoms with Crippen LogP contribution in [0.1, 0.15) is 16.7 Å². The molecule has 0 spiro atoms. The zero-order valence-electron chi connectivity index (χ0n) is 16.5. The van der Waals surface area contributed by atoms with Crippen LogP contribution in [0.15, 0.2) is 30.3 Å². The largest absolute Gasteiger partial charge is 0.496 e. The van der Waals surface area contributed by atoms with Crippen molar-refractivity contribution >= 4 is 5.91 Å². The van der Waals surface area contributed by atoms with Gasteiger partial charge in [-0.25, -0.2) is 0 Å².